The van der Waals surface area contributed by atoms with Crippen LogP contribution in [0.1, 0.15) is 0 Å². The van der Waals surface area contributed by atoms with E-state index in [9.17, 15) is 0 Å². The van der Waals surface area contributed by atoms with E-state index in [1.54, 1.807) is 24.5 Å². The fraction of sp³-hybridized carbons (Fsp3) is 0. The lowest BCUT2D eigenvalue weighted by Crippen LogP contribution is -2.05. The van der Waals surface area contributed by atoms with Crippen LogP contribution in [-0.2, 0) is 0 Å². The SMILES string of the molecule is Cl.Cl.NNc1ccncc1. The van der Waals surface area contributed by atoms with E-state index in [1.807, 2.05) is 0 Å². The highest BCUT2D eigenvalue weighted by molar-refractivity contribution is 5.85. The molecule has 0 aromatic carbocycles. The van der Waals surface area contributed by atoms with Gasteiger partial charge in [-0.05, 0) is 12.1 Å². The number of pyridine rings is 1. The summed E-state index contributed by atoms with van der Waals surface area (Å²) in [5.41, 5.74) is 3.36. The molecule has 0 saturated carbocycles. The number of hydrogen-bond acceptors (Lipinski definition) is 3. The number of nitrogen functional groups attached to an aromatic ring is 1. The Morgan fingerprint density at radius 2 is 1.70 bits per heavy atom. The van der Waals surface area contributed by atoms with E-state index in [-0.39, 0.29) is 24.8 Å². The Bertz CT molecular complexity index is 156. The molecule has 58 valence electrons. The van der Waals surface area contributed by atoms with Crippen molar-refractivity contribution in [1.29, 1.82) is 0 Å². The number of hydrogen-bond donors (Lipinski definition) is 2. The van der Waals surface area contributed by atoms with Crippen LogP contribution in [0.4, 0.5) is 5.69 Å². The number of nitrogens with zero attached hydrogens (tertiary/aromatic N) is 1. The van der Waals surface area contributed by atoms with Crippen LogP contribution in [0.5, 0.6) is 0 Å². The first-order valence-electron chi connectivity index (χ1n) is 2.30. The van der Waals surface area contributed by atoms with Crippen LogP contribution < -0.4 is 11.3 Å². The lowest BCUT2D eigenvalue weighted by Gasteiger charge is -1.93. The highest BCUT2D eigenvalue weighted by Gasteiger charge is 1.79. The first-order valence-corrected chi connectivity index (χ1v) is 2.30. The summed E-state index contributed by atoms with van der Waals surface area (Å²) in [7, 11) is 0. The van der Waals surface area contributed by atoms with Crippen molar-refractivity contribution in [3.05, 3.63) is 24.5 Å². The van der Waals surface area contributed by atoms with Crippen LogP contribution in [0.25, 0.3) is 0 Å². The normalized spacial score (nSPS) is 6.90. The molecular formula is C5H9Cl2N3. The van der Waals surface area contributed by atoms with Gasteiger partial charge in [-0.2, -0.15) is 0 Å². The molecule has 3 N–H and O–H groups in total. The van der Waals surface area contributed by atoms with Crippen molar-refractivity contribution in [2.45, 2.75) is 0 Å². The number of anilines is 1. The molecule has 3 nitrogen and oxygen atoms in total. The van der Waals surface area contributed by atoms with Crippen LogP contribution >= 0.6 is 24.8 Å². The summed E-state index contributed by atoms with van der Waals surface area (Å²) in [5.74, 6) is 5.07. The van der Waals surface area contributed by atoms with Gasteiger partial charge in [-0.3, -0.25) is 10.8 Å². The van der Waals surface area contributed by atoms with Gasteiger partial charge >= 0.3 is 0 Å². The summed E-state index contributed by atoms with van der Waals surface area (Å²) >= 11 is 0. The minimum atomic E-state index is 0. The van der Waals surface area contributed by atoms with Crippen molar-refractivity contribution < 1.29 is 0 Å². The van der Waals surface area contributed by atoms with Crippen molar-refractivity contribution in [3.63, 3.8) is 0 Å². The maximum Gasteiger partial charge on any atom is 0.0515 e. The van der Waals surface area contributed by atoms with Gasteiger partial charge in [-0.1, -0.05) is 0 Å². The van der Waals surface area contributed by atoms with Gasteiger partial charge in [0.1, 0.15) is 0 Å². The first-order chi connectivity index (χ1) is 3.93. The summed E-state index contributed by atoms with van der Waals surface area (Å²) in [5, 5.41) is 0. The second-order valence-electron chi connectivity index (χ2n) is 1.38. The number of aromatic nitrogens is 1. The van der Waals surface area contributed by atoms with Crippen LogP contribution in [0.2, 0.25) is 0 Å². The van der Waals surface area contributed by atoms with E-state index in [0.29, 0.717) is 0 Å². The zero-order valence-corrected chi connectivity index (χ0v) is 6.78. The molecule has 0 aliphatic carbocycles. The monoisotopic (exact) mass is 181 g/mol. The second-order valence-corrected chi connectivity index (χ2v) is 1.38. The molecule has 0 spiro atoms. The summed E-state index contributed by atoms with van der Waals surface area (Å²) in [6.45, 7) is 0. The second kappa shape index (κ2) is 6.61. The van der Waals surface area contributed by atoms with Crippen molar-refractivity contribution in [1.82, 2.24) is 4.98 Å². The summed E-state index contributed by atoms with van der Waals surface area (Å²) in [6, 6.07) is 3.58. The minimum Gasteiger partial charge on any atom is -0.324 e. The van der Waals surface area contributed by atoms with Crippen LogP contribution in [0.15, 0.2) is 24.5 Å². The Labute approximate surface area is 71.8 Å². The van der Waals surface area contributed by atoms with Crippen molar-refractivity contribution >= 4 is 30.5 Å². The molecule has 0 bridgehead atoms. The number of hydrazine groups is 1. The van der Waals surface area contributed by atoms with E-state index in [0.717, 1.165) is 5.69 Å². The predicted molar refractivity (Wildman–Crippen MR) is 46.5 cm³/mol. The topological polar surface area (TPSA) is 50.9 Å². The molecule has 1 aromatic rings. The van der Waals surface area contributed by atoms with Gasteiger partial charge in [0, 0.05) is 12.4 Å². The van der Waals surface area contributed by atoms with E-state index in [2.05, 4.69) is 10.4 Å². The van der Waals surface area contributed by atoms with Crippen molar-refractivity contribution in [2.24, 2.45) is 5.84 Å². The fourth-order valence-electron chi connectivity index (χ4n) is 0.448. The van der Waals surface area contributed by atoms with Crippen LogP contribution in [0, 0.1) is 0 Å². The van der Waals surface area contributed by atoms with Gasteiger partial charge < -0.3 is 5.43 Å². The van der Waals surface area contributed by atoms with Crippen LogP contribution in [0.3, 0.4) is 0 Å². The van der Waals surface area contributed by atoms with Gasteiger partial charge in [0.05, 0.1) is 5.69 Å². The van der Waals surface area contributed by atoms with Gasteiger partial charge in [-0.15, -0.1) is 24.8 Å². The molecule has 0 amide bonds. The average molecular weight is 182 g/mol. The first kappa shape index (κ1) is 12.2. The maximum absolute atomic E-state index is 5.07. The van der Waals surface area contributed by atoms with Gasteiger partial charge in [-0.25, -0.2) is 0 Å². The third kappa shape index (κ3) is 3.50. The number of nitrogens with two attached hydrogens (primary N) is 1. The lowest BCUT2D eigenvalue weighted by molar-refractivity contribution is 1.28. The minimum absolute atomic E-state index is 0. The van der Waals surface area contributed by atoms with E-state index < -0.39 is 0 Å². The molecule has 0 atom stereocenters. The molecule has 0 radical (unpaired) electrons. The highest BCUT2D eigenvalue weighted by Crippen LogP contribution is 1.98. The quantitative estimate of drug-likeness (QED) is 0.507. The molecule has 5 heteroatoms. The lowest BCUT2D eigenvalue weighted by atomic mass is 10.4. The molecule has 0 saturated heterocycles. The molecule has 0 fully saturated rings. The zero-order valence-electron chi connectivity index (χ0n) is 5.15. The Kier molecular flexibility index (Phi) is 8.06. The summed E-state index contributed by atoms with van der Waals surface area (Å²) in [4.78, 5) is 3.80. The zero-order chi connectivity index (χ0) is 5.82. The van der Waals surface area contributed by atoms with Crippen molar-refractivity contribution in [2.75, 3.05) is 5.43 Å². The average Bonchev–Trinajstić information content (AvgIpc) is 1.90. The van der Waals surface area contributed by atoms with E-state index in [4.69, 9.17) is 5.84 Å². The molecule has 1 aromatic heterocycles. The van der Waals surface area contributed by atoms with E-state index in [1.165, 1.54) is 0 Å². The Balaban J connectivity index is 0. The highest BCUT2D eigenvalue weighted by atomic mass is 35.5. The molecule has 1 rings (SSSR count). The van der Waals surface area contributed by atoms with Crippen molar-refractivity contribution in [3.8, 4) is 0 Å². The summed E-state index contributed by atoms with van der Waals surface area (Å²) in [6.07, 6.45) is 3.35. The molecule has 10 heavy (non-hydrogen) atoms. The third-order valence-corrected chi connectivity index (χ3v) is 0.847. The smallest absolute Gasteiger partial charge is 0.0515 e. The Morgan fingerprint density at radius 1 is 1.20 bits per heavy atom. The molecule has 0 aliphatic heterocycles. The molecule has 0 unspecified atom stereocenters. The van der Waals surface area contributed by atoms with Crippen LogP contribution in [-0.4, -0.2) is 4.98 Å². The number of rotatable bonds is 1. The maximum atomic E-state index is 5.07. The standard InChI is InChI=1S/C5H7N3.2ClH/c6-8-5-1-3-7-4-2-5;;/h1-4H,6H2,(H,7,8);2*1H. The van der Waals surface area contributed by atoms with E-state index >= 15 is 0 Å². The number of nitrogens with one attached hydrogen (secondary N) is 1. The van der Waals surface area contributed by atoms with Gasteiger partial charge in [0.25, 0.3) is 0 Å². The number of halogens is 2. The largest absolute Gasteiger partial charge is 0.324 e. The summed E-state index contributed by atoms with van der Waals surface area (Å²) < 4.78 is 0. The molecular weight excluding hydrogens is 173 g/mol. The third-order valence-electron chi connectivity index (χ3n) is 0.847. The predicted octanol–water partition coefficient (Wildman–Crippen LogP) is 1.21. The molecule has 0 aliphatic rings. The van der Waals surface area contributed by atoms with Gasteiger partial charge in [0.15, 0.2) is 0 Å². The fourth-order valence-corrected chi connectivity index (χ4v) is 0.448. The Morgan fingerprint density at radius 3 is 2.00 bits per heavy atom. The molecule has 1 heterocycles. The Hall–Kier alpha value is -0.510. The van der Waals surface area contributed by atoms with Gasteiger partial charge in [0.2, 0.25) is 0 Å².